The smallest absolute Gasteiger partial charge is 0.162 e. The molecule has 1 heterocycles. The highest BCUT2D eigenvalue weighted by atomic mass is 19.1. The Bertz CT molecular complexity index is 837. The van der Waals surface area contributed by atoms with Gasteiger partial charge in [-0.1, -0.05) is 12.1 Å². The fourth-order valence-corrected chi connectivity index (χ4v) is 2.42. The first-order valence-corrected chi connectivity index (χ1v) is 6.94. The minimum absolute atomic E-state index is 0.361. The van der Waals surface area contributed by atoms with E-state index in [0.717, 1.165) is 0 Å². The average molecular weight is 314 g/mol. The molecule has 1 atom stereocenters. The highest BCUT2D eigenvalue weighted by molar-refractivity contribution is 5.85. The van der Waals surface area contributed by atoms with Crippen LogP contribution < -0.4 is 9.47 Å². The molecule has 3 rings (SSSR count). The lowest BCUT2D eigenvalue weighted by molar-refractivity contribution is 0.217. The lowest BCUT2D eigenvalue weighted by Gasteiger charge is -2.14. The van der Waals surface area contributed by atoms with Crippen LogP contribution in [-0.2, 0) is 0 Å². The van der Waals surface area contributed by atoms with Crippen molar-refractivity contribution in [3.05, 3.63) is 59.8 Å². The number of aliphatic hydroxyl groups is 1. The zero-order chi connectivity index (χ0) is 16.4. The van der Waals surface area contributed by atoms with E-state index in [1.165, 1.54) is 37.7 Å². The minimum atomic E-state index is -1.00. The third-order valence-corrected chi connectivity index (χ3v) is 3.62. The first-order chi connectivity index (χ1) is 11.1. The molecule has 0 radical (unpaired) electrons. The van der Waals surface area contributed by atoms with E-state index < -0.39 is 6.10 Å². The molecule has 0 saturated heterocycles. The van der Waals surface area contributed by atoms with Crippen molar-refractivity contribution in [2.24, 2.45) is 0 Å². The summed E-state index contributed by atoms with van der Waals surface area (Å²) in [5.41, 5.74) is 1.58. The van der Waals surface area contributed by atoms with Gasteiger partial charge in [-0.2, -0.15) is 0 Å². The van der Waals surface area contributed by atoms with Crippen LogP contribution in [0.5, 0.6) is 11.5 Å². The quantitative estimate of drug-likeness (QED) is 0.802. The number of halogens is 1. The predicted molar refractivity (Wildman–Crippen MR) is 83.1 cm³/mol. The van der Waals surface area contributed by atoms with Gasteiger partial charge in [0, 0.05) is 11.5 Å². The van der Waals surface area contributed by atoms with Crippen LogP contribution in [0.25, 0.3) is 10.9 Å². The molecular formula is C17H15FN2O3. The standard InChI is InChI=1S/C17H15FN2O3/c1-22-14-7-12-13(8-15(14)23-2)19-9-20-16(12)17(21)10-3-5-11(18)6-4-10/h3-9,17,21H,1-2H3. The van der Waals surface area contributed by atoms with Crippen LogP contribution in [0.4, 0.5) is 4.39 Å². The van der Waals surface area contributed by atoms with Gasteiger partial charge in [-0.25, -0.2) is 14.4 Å². The van der Waals surface area contributed by atoms with Gasteiger partial charge in [0.05, 0.1) is 25.4 Å². The zero-order valence-corrected chi connectivity index (χ0v) is 12.7. The van der Waals surface area contributed by atoms with Crippen molar-refractivity contribution >= 4 is 10.9 Å². The monoisotopic (exact) mass is 314 g/mol. The van der Waals surface area contributed by atoms with Gasteiger partial charge in [0.15, 0.2) is 11.5 Å². The van der Waals surface area contributed by atoms with Gasteiger partial charge < -0.3 is 14.6 Å². The minimum Gasteiger partial charge on any atom is -0.493 e. The van der Waals surface area contributed by atoms with Crippen molar-refractivity contribution in [1.82, 2.24) is 9.97 Å². The van der Waals surface area contributed by atoms with E-state index in [-0.39, 0.29) is 5.82 Å². The Balaban J connectivity index is 2.15. The number of benzene rings is 2. The molecule has 0 amide bonds. The molecule has 1 aromatic heterocycles. The molecule has 0 saturated carbocycles. The first kappa shape index (κ1) is 15.2. The molecule has 0 bridgehead atoms. The highest BCUT2D eigenvalue weighted by Gasteiger charge is 2.18. The molecule has 0 aliphatic rings. The number of methoxy groups -OCH3 is 2. The molecule has 118 valence electrons. The zero-order valence-electron chi connectivity index (χ0n) is 12.7. The molecule has 0 fully saturated rings. The van der Waals surface area contributed by atoms with Gasteiger partial charge in [0.1, 0.15) is 18.2 Å². The van der Waals surface area contributed by atoms with E-state index in [0.29, 0.717) is 33.7 Å². The van der Waals surface area contributed by atoms with E-state index in [2.05, 4.69) is 9.97 Å². The van der Waals surface area contributed by atoms with E-state index in [4.69, 9.17) is 9.47 Å². The van der Waals surface area contributed by atoms with E-state index in [1.807, 2.05) is 0 Å². The number of ether oxygens (including phenoxy) is 2. The van der Waals surface area contributed by atoms with E-state index in [9.17, 15) is 9.50 Å². The maximum Gasteiger partial charge on any atom is 0.162 e. The van der Waals surface area contributed by atoms with E-state index in [1.54, 1.807) is 19.2 Å². The molecule has 0 aliphatic heterocycles. The first-order valence-electron chi connectivity index (χ1n) is 6.94. The third kappa shape index (κ3) is 2.80. The fourth-order valence-electron chi connectivity index (χ4n) is 2.42. The van der Waals surface area contributed by atoms with Gasteiger partial charge in [0.2, 0.25) is 0 Å². The Labute approximate surface area is 132 Å². The molecule has 1 N–H and O–H groups in total. The number of nitrogens with zero attached hydrogens (tertiary/aromatic N) is 2. The Morgan fingerprint density at radius 3 is 2.30 bits per heavy atom. The number of fused-ring (bicyclic) bond motifs is 1. The topological polar surface area (TPSA) is 64.5 Å². The average Bonchev–Trinajstić information content (AvgIpc) is 2.60. The number of aromatic nitrogens is 2. The molecular weight excluding hydrogens is 299 g/mol. The van der Waals surface area contributed by atoms with Crippen LogP contribution in [0.1, 0.15) is 17.4 Å². The third-order valence-electron chi connectivity index (χ3n) is 3.62. The van der Waals surface area contributed by atoms with Gasteiger partial charge in [0.25, 0.3) is 0 Å². The number of aliphatic hydroxyl groups excluding tert-OH is 1. The Morgan fingerprint density at radius 1 is 1.00 bits per heavy atom. The van der Waals surface area contributed by atoms with Crippen LogP contribution in [-0.4, -0.2) is 29.3 Å². The Morgan fingerprint density at radius 2 is 1.65 bits per heavy atom. The summed E-state index contributed by atoms with van der Waals surface area (Å²) < 4.78 is 23.6. The Kier molecular flexibility index (Phi) is 4.08. The largest absolute Gasteiger partial charge is 0.493 e. The van der Waals surface area contributed by atoms with Crippen LogP contribution in [0.2, 0.25) is 0 Å². The van der Waals surface area contributed by atoms with Crippen molar-refractivity contribution in [3.8, 4) is 11.5 Å². The molecule has 3 aromatic rings. The number of hydrogen-bond acceptors (Lipinski definition) is 5. The lowest BCUT2D eigenvalue weighted by Crippen LogP contribution is -2.04. The summed E-state index contributed by atoms with van der Waals surface area (Å²) in [6.07, 6.45) is 0.371. The van der Waals surface area contributed by atoms with Gasteiger partial charge in [-0.15, -0.1) is 0 Å². The van der Waals surface area contributed by atoms with Gasteiger partial charge >= 0.3 is 0 Å². The lowest BCUT2D eigenvalue weighted by atomic mass is 10.0. The molecule has 5 nitrogen and oxygen atoms in total. The summed E-state index contributed by atoms with van der Waals surface area (Å²) in [7, 11) is 3.07. The van der Waals surface area contributed by atoms with Crippen molar-refractivity contribution in [2.45, 2.75) is 6.10 Å². The van der Waals surface area contributed by atoms with E-state index >= 15 is 0 Å². The summed E-state index contributed by atoms with van der Waals surface area (Å²) in [5.74, 6) is 0.697. The van der Waals surface area contributed by atoms with Crippen molar-refractivity contribution < 1.29 is 19.0 Å². The molecule has 23 heavy (non-hydrogen) atoms. The maximum absolute atomic E-state index is 13.0. The summed E-state index contributed by atoms with van der Waals surface area (Å²) in [6, 6.07) is 9.08. The maximum atomic E-state index is 13.0. The van der Waals surface area contributed by atoms with Crippen molar-refractivity contribution in [1.29, 1.82) is 0 Å². The molecule has 0 aliphatic carbocycles. The highest BCUT2D eigenvalue weighted by Crippen LogP contribution is 2.34. The van der Waals surface area contributed by atoms with Crippen molar-refractivity contribution in [3.63, 3.8) is 0 Å². The summed E-state index contributed by atoms with van der Waals surface area (Å²) in [6.45, 7) is 0. The normalized spacial score (nSPS) is 12.2. The second-order valence-electron chi connectivity index (χ2n) is 4.94. The van der Waals surface area contributed by atoms with Crippen LogP contribution in [0, 0.1) is 5.82 Å². The SMILES string of the molecule is COc1cc2ncnc(C(O)c3ccc(F)cc3)c2cc1OC. The second kappa shape index (κ2) is 6.18. The number of hydrogen-bond donors (Lipinski definition) is 1. The number of rotatable bonds is 4. The summed E-state index contributed by atoms with van der Waals surface area (Å²) >= 11 is 0. The van der Waals surface area contributed by atoms with Crippen LogP contribution in [0.3, 0.4) is 0 Å². The molecule has 6 heteroatoms. The summed E-state index contributed by atoms with van der Waals surface area (Å²) in [5, 5.41) is 11.2. The molecule has 2 aromatic carbocycles. The Hall–Kier alpha value is -2.73. The second-order valence-corrected chi connectivity index (χ2v) is 4.94. The summed E-state index contributed by atoms with van der Waals surface area (Å²) in [4.78, 5) is 8.38. The van der Waals surface area contributed by atoms with Gasteiger partial charge in [-0.05, 0) is 23.8 Å². The van der Waals surface area contributed by atoms with Crippen LogP contribution in [0.15, 0.2) is 42.7 Å². The van der Waals surface area contributed by atoms with Crippen LogP contribution >= 0.6 is 0 Å². The molecule has 1 unspecified atom stereocenters. The van der Waals surface area contributed by atoms with Crippen molar-refractivity contribution in [2.75, 3.05) is 14.2 Å². The van der Waals surface area contributed by atoms with Gasteiger partial charge in [-0.3, -0.25) is 0 Å². The molecule has 0 spiro atoms. The fraction of sp³-hybridized carbons (Fsp3) is 0.176. The predicted octanol–water partition coefficient (Wildman–Crippen LogP) is 2.87.